The van der Waals surface area contributed by atoms with Crippen LogP contribution in [0.2, 0.25) is 0 Å². The molecule has 0 aliphatic rings. The van der Waals surface area contributed by atoms with Crippen LogP contribution in [0.5, 0.6) is 0 Å². The number of anilines is 2. The second-order valence-corrected chi connectivity index (χ2v) is 4.31. The Morgan fingerprint density at radius 2 is 1.74 bits per heavy atom. The van der Waals surface area contributed by atoms with E-state index in [1.807, 2.05) is 13.1 Å². The van der Waals surface area contributed by atoms with Gasteiger partial charge in [-0.25, -0.2) is 8.78 Å². The van der Waals surface area contributed by atoms with Gasteiger partial charge in [-0.15, -0.1) is 0 Å². The number of para-hydroxylation sites is 1. The molecule has 0 saturated heterocycles. The van der Waals surface area contributed by atoms with E-state index in [-0.39, 0.29) is 11.6 Å². The first-order valence-corrected chi connectivity index (χ1v) is 6.04. The molecule has 0 saturated carbocycles. The number of hydrogen-bond donors (Lipinski definition) is 1. The van der Waals surface area contributed by atoms with E-state index in [9.17, 15) is 8.78 Å². The van der Waals surface area contributed by atoms with E-state index in [1.54, 1.807) is 30.1 Å². The van der Waals surface area contributed by atoms with Crippen molar-refractivity contribution < 1.29 is 8.78 Å². The van der Waals surface area contributed by atoms with Crippen LogP contribution in [0.4, 0.5) is 20.2 Å². The van der Waals surface area contributed by atoms with Crippen molar-refractivity contribution >= 4 is 11.4 Å². The molecule has 0 spiro atoms. The fraction of sp³-hybridized carbons (Fsp3) is 0.200. The summed E-state index contributed by atoms with van der Waals surface area (Å²) >= 11 is 0. The van der Waals surface area contributed by atoms with Crippen LogP contribution in [0.25, 0.3) is 0 Å². The van der Waals surface area contributed by atoms with Gasteiger partial charge in [0.05, 0.1) is 5.69 Å². The SMILES string of the molecule is CNCc1cccc(F)c1N(C)c1ccc(F)cc1. The van der Waals surface area contributed by atoms with Gasteiger partial charge in [0, 0.05) is 19.3 Å². The zero-order chi connectivity index (χ0) is 13.8. The summed E-state index contributed by atoms with van der Waals surface area (Å²) in [6, 6.07) is 11.0. The topological polar surface area (TPSA) is 15.3 Å². The van der Waals surface area contributed by atoms with Gasteiger partial charge < -0.3 is 10.2 Å². The Hall–Kier alpha value is -1.94. The molecule has 0 unspecified atom stereocenters. The normalized spacial score (nSPS) is 10.5. The molecular formula is C15H16F2N2. The van der Waals surface area contributed by atoms with Crippen LogP contribution in [0.1, 0.15) is 5.56 Å². The average Bonchev–Trinajstić information content (AvgIpc) is 2.39. The molecule has 0 aliphatic heterocycles. The maximum Gasteiger partial charge on any atom is 0.147 e. The van der Waals surface area contributed by atoms with Gasteiger partial charge >= 0.3 is 0 Å². The molecule has 19 heavy (non-hydrogen) atoms. The number of nitrogens with zero attached hydrogens (tertiary/aromatic N) is 1. The molecule has 0 fully saturated rings. The molecular weight excluding hydrogens is 246 g/mol. The first kappa shape index (κ1) is 13.5. The van der Waals surface area contributed by atoms with Crippen LogP contribution >= 0.6 is 0 Å². The Balaban J connectivity index is 2.42. The van der Waals surface area contributed by atoms with Crippen LogP contribution in [-0.4, -0.2) is 14.1 Å². The van der Waals surface area contributed by atoms with Gasteiger partial charge in [-0.1, -0.05) is 12.1 Å². The molecule has 2 aromatic carbocycles. The van der Waals surface area contributed by atoms with E-state index < -0.39 is 0 Å². The molecule has 2 rings (SSSR count). The molecule has 0 bridgehead atoms. The Bertz CT molecular complexity index is 553. The maximum atomic E-state index is 14.0. The zero-order valence-corrected chi connectivity index (χ0v) is 11.0. The lowest BCUT2D eigenvalue weighted by molar-refractivity contribution is 0.623. The highest BCUT2D eigenvalue weighted by Crippen LogP contribution is 2.29. The van der Waals surface area contributed by atoms with Crippen LogP contribution in [0.15, 0.2) is 42.5 Å². The van der Waals surface area contributed by atoms with E-state index in [4.69, 9.17) is 0 Å². The third-order valence-corrected chi connectivity index (χ3v) is 2.99. The molecule has 0 atom stereocenters. The second-order valence-electron chi connectivity index (χ2n) is 4.31. The first-order chi connectivity index (χ1) is 9.13. The standard InChI is InChI=1S/C15H16F2N2/c1-18-10-11-4-3-5-14(17)15(11)19(2)13-8-6-12(16)7-9-13/h3-9,18H,10H2,1-2H3. The molecule has 2 nitrogen and oxygen atoms in total. The highest BCUT2D eigenvalue weighted by atomic mass is 19.1. The minimum Gasteiger partial charge on any atom is -0.342 e. The summed E-state index contributed by atoms with van der Waals surface area (Å²) in [6.07, 6.45) is 0. The van der Waals surface area contributed by atoms with Gasteiger partial charge in [-0.05, 0) is 42.9 Å². The lowest BCUT2D eigenvalue weighted by Gasteiger charge is -2.23. The highest BCUT2D eigenvalue weighted by Gasteiger charge is 2.14. The average molecular weight is 262 g/mol. The maximum absolute atomic E-state index is 14.0. The fourth-order valence-corrected chi connectivity index (χ4v) is 2.06. The Kier molecular flexibility index (Phi) is 4.12. The number of halogens is 2. The summed E-state index contributed by atoms with van der Waals surface area (Å²) in [5, 5.41) is 3.01. The van der Waals surface area contributed by atoms with E-state index in [1.165, 1.54) is 18.2 Å². The minimum atomic E-state index is -0.305. The molecule has 0 aliphatic carbocycles. The van der Waals surface area contributed by atoms with E-state index in [0.717, 1.165) is 11.3 Å². The largest absolute Gasteiger partial charge is 0.342 e. The predicted molar refractivity (Wildman–Crippen MR) is 73.6 cm³/mol. The fourth-order valence-electron chi connectivity index (χ4n) is 2.06. The van der Waals surface area contributed by atoms with Crippen LogP contribution in [0.3, 0.4) is 0 Å². The molecule has 0 aromatic heterocycles. The van der Waals surface area contributed by atoms with Crippen LogP contribution in [-0.2, 0) is 6.54 Å². The van der Waals surface area contributed by atoms with Crippen molar-refractivity contribution in [2.24, 2.45) is 0 Å². The lowest BCUT2D eigenvalue weighted by Crippen LogP contribution is -2.16. The molecule has 100 valence electrons. The molecule has 2 aromatic rings. The third-order valence-electron chi connectivity index (χ3n) is 2.99. The third kappa shape index (κ3) is 2.90. The predicted octanol–water partition coefficient (Wildman–Crippen LogP) is 3.45. The zero-order valence-electron chi connectivity index (χ0n) is 11.0. The summed E-state index contributed by atoms with van der Waals surface area (Å²) < 4.78 is 27.0. The highest BCUT2D eigenvalue weighted by molar-refractivity contribution is 5.66. The lowest BCUT2D eigenvalue weighted by atomic mass is 10.1. The van der Waals surface area contributed by atoms with Gasteiger partial charge in [0.15, 0.2) is 0 Å². The van der Waals surface area contributed by atoms with Crippen molar-refractivity contribution in [3.63, 3.8) is 0 Å². The van der Waals surface area contributed by atoms with Crippen molar-refractivity contribution in [2.45, 2.75) is 6.54 Å². The number of benzene rings is 2. The van der Waals surface area contributed by atoms with Gasteiger partial charge in [0.1, 0.15) is 11.6 Å². The number of nitrogens with one attached hydrogen (secondary N) is 1. The first-order valence-electron chi connectivity index (χ1n) is 6.04. The van der Waals surface area contributed by atoms with Crippen LogP contribution < -0.4 is 10.2 Å². The second kappa shape index (κ2) is 5.80. The molecule has 4 heteroatoms. The van der Waals surface area contributed by atoms with Crippen molar-refractivity contribution in [3.05, 3.63) is 59.7 Å². The summed E-state index contributed by atoms with van der Waals surface area (Å²) in [7, 11) is 3.58. The number of hydrogen-bond acceptors (Lipinski definition) is 2. The Morgan fingerprint density at radius 3 is 2.37 bits per heavy atom. The van der Waals surface area contributed by atoms with Crippen molar-refractivity contribution in [1.29, 1.82) is 0 Å². The van der Waals surface area contributed by atoms with E-state index in [2.05, 4.69) is 5.32 Å². The molecule has 1 N–H and O–H groups in total. The van der Waals surface area contributed by atoms with Gasteiger partial charge in [-0.2, -0.15) is 0 Å². The van der Waals surface area contributed by atoms with Crippen molar-refractivity contribution in [1.82, 2.24) is 5.32 Å². The van der Waals surface area contributed by atoms with E-state index in [0.29, 0.717) is 12.2 Å². The van der Waals surface area contributed by atoms with Gasteiger partial charge in [0.2, 0.25) is 0 Å². The summed E-state index contributed by atoms with van der Waals surface area (Å²) in [4.78, 5) is 1.72. The summed E-state index contributed by atoms with van der Waals surface area (Å²) in [6.45, 7) is 0.568. The smallest absolute Gasteiger partial charge is 0.147 e. The quantitative estimate of drug-likeness (QED) is 0.907. The van der Waals surface area contributed by atoms with Crippen molar-refractivity contribution in [3.8, 4) is 0 Å². The minimum absolute atomic E-state index is 0.292. The molecule has 0 amide bonds. The van der Waals surface area contributed by atoms with Crippen LogP contribution in [0, 0.1) is 11.6 Å². The van der Waals surface area contributed by atoms with Gasteiger partial charge in [0.25, 0.3) is 0 Å². The summed E-state index contributed by atoms with van der Waals surface area (Å²) in [5.74, 6) is -0.597. The van der Waals surface area contributed by atoms with E-state index >= 15 is 0 Å². The monoisotopic (exact) mass is 262 g/mol. The summed E-state index contributed by atoms with van der Waals surface area (Å²) in [5.41, 5.74) is 2.10. The van der Waals surface area contributed by atoms with Crippen molar-refractivity contribution in [2.75, 3.05) is 19.0 Å². The molecule has 0 radical (unpaired) electrons. The Morgan fingerprint density at radius 1 is 1.05 bits per heavy atom. The Labute approximate surface area is 111 Å². The molecule has 0 heterocycles. The number of rotatable bonds is 4. The van der Waals surface area contributed by atoms with Gasteiger partial charge in [-0.3, -0.25) is 0 Å².